The van der Waals surface area contributed by atoms with E-state index in [-0.39, 0.29) is 16.5 Å². The zero-order valence-electron chi connectivity index (χ0n) is 8.98. The quantitative estimate of drug-likeness (QED) is 0.632. The molecule has 0 radical (unpaired) electrons. The number of halogens is 1. The zero-order valence-corrected chi connectivity index (χ0v) is 9.74. The Morgan fingerprint density at radius 1 is 1.00 bits per heavy atom. The smallest absolute Gasteiger partial charge is 0.195 e. The molecule has 0 aliphatic rings. The third-order valence-electron chi connectivity index (χ3n) is 2.49. The van der Waals surface area contributed by atoms with Crippen molar-refractivity contribution in [2.45, 2.75) is 0 Å². The maximum atomic E-state index is 12.2. The lowest BCUT2D eigenvalue weighted by atomic mass is 10.0. The molecule has 0 aliphatic heterocycles. The van der Waals surface area contributed by atoms with E-state index in [0.717, 1.165) is 0 Å². The van der Waals surface area contributed by atoms with Crippen molar-refractivity contribution >= 4 is 28.8 Å². The number of carbonyl (C=O) groups is 1. The Balaban J connectivity index is 2.49. The second kappa shape index (κ2) is 4.47. The molecule has 0 aromatic heterocycles. The van der Waals surface area contributed by atoms with Gasteiger partial charge in [0.2, 0.25) is 0 Å². The molecule has 4 heteroatoms. The number of carbonyl (C=O) groups excluding carboxylic acids is 1. The molecular weight excluding hydrogens is 236 g/mol. The third kappa shape index (κ3) is 2.10. The Hall–Kier alpha value is -2.00. The normalized spacial score (nSPS) is 10.2. The van der Waals surface area contributed by atoms with E-state index >= 15 is 0 Å². The van der Waals surface area contributed by atoms with Crippen LogP contribution in [0.2, 0.25) is 5.02 Å². The summed E-state index contributed by atoms with van der Waals surface area (Å²) in [5, 5.41) is 0.229. The average Bonchev–Trinajstić information content (AvgIpc) is 2.36. The molecule has 2 aromatic rings. The second-order valence-corrected chi connectivity index (χ2v) is 4.00. The predicted octanol–water partition coefficient (Wildman–Crippen LogP) is 2.74. The van der Waals surface area contributed by atoms with Crippen LogP contribution in [0.25, 0.3) is 0 Å². The maximum Gasteiger partial charge on any atom is 0.195 e. The summed E-state index contributed by atoms with van der Waals surface area (Å²) in [5.41, 5.74) is 12.9. The lowest BCUT2D eigenvalue weighted by Gasteiger charge is -2.08. The second-order valence-electron chi connectivity index (χ2n) is 3.63. The van der Waals surface area contributed by atoms with Crippen LogP contribution in [0.15, 0.2) is 42.5 Å². The minimum atomic E-state index is -0.162. The summed E-state index contributed by atoms with van der Waals surface area (Å²) >= 11 is 5.91. The molecule has 17 heavy (non-hydrogen) atoms. The van der Waals surface area contributed by atoms with Crippen molar-refractivity contribution in [1.29, 1.82) is 0 Å². The molecule has 4 N–H and O–H groups in total. The van der Waals surface area contributed by atoms with E-state index in [9.17, 15) is 4.79 Å². The van der Waals surface area contributed by atoms with Gasteiger partial charge in [-0.2, -0.15) is 0 Å². The van der Waals surface area contributed by atoms with Crippen molar-refractivity contribution in [2.24, 2.45) is 0 Å². The van der Waals surface area contributed by atoms with Crippen molar-refractivity contribution in [1.82, 2.24) is 0 Å². The van der Waals surface area contributed by atoms with E-state index in [4.69, 9.17) is 23.1 Å². The van der Waals surface area contributed by atoms with Crippen LogP contribution >= 0.6 is 11.6 Å². The molecule has 3 nitrogen and oxygen atoms in total. The highest BCUT2D eigenvalue weighted by Gasteiger charge is 2.15. The molecule has 0 aliphatic carbocycles. The molecule has 86 valence electrons. The summed E-state index contributed by atoms with van der Waals surface area (Å²) in [6, 6.07) is 12.1. The van der Waals surface area contributed by atoms with E-state index in [0.29, 0.717) is 16.8 Å². The summed E-state index contributed by atoms with van der Waals surface area (Å²) in [6.45, 7) is 0. The van der Waals surface area contributed by atoms with Gasteiger partial charge in [0.15, 0.2) is 5.78 Å². The summed E-state index contributed by atoms with van der Waals surface area (Å²) in [4.78, 5) is 12.2. The molecule has 0 amide bonds. The van der Waals surface area contributed by atoms with Crippen LogP contribution in [0.1, 0.15) is 15.9 Å². The topological polar surface area (TPSA) is 69.1 Å². The molecule has 2 aromatic carbocycles. The molecule has 0 atom stereocenters. The van der Waals surface area contributed by atoms with Crippen molar-refractivity contribution < 1.29 is 4.79 Å². The van der Waals surface area contributed by atoms with Crippen LogP contribution in [-0.2, 0) is 0 Å². The Bertz CT molecular complexity index is 567. The van der Waals surface area contributed by atoms with E-state index in [1.807, 2.05) is 6.07 Å². The van der Waals surface area contributed by atoms with E-state index < -0.39 is 0 Å². The first-order valence-corrected chi connectivity index (χ1v) is 5.42. The van der Waals surface area contributed by atoms with Gasteiger partial charge in [-0.25, -0.2) is 0 Å². The van der Waals surface area contributed by atoms with Gasteiger partial charge in [-0.15, -0.1) is 0 Å². The number of nitrogens with two attached hydrogens (primary N) is 2. The van der Waals surface area contributed by atoms with Gasteiger partial charge in [0, 0.05) is 11.1 Å². The number of rotatable bonds is 2. The lowest BCUT2D eigenvalue weighted by Crippen LogP contribution is -2.06. The highest BCUT2D eigenvalue weighted by atomic mass is 35.5. The summed E-state index contributed by atoms with van der Waals surface area (Å²) in [6.07, 6.45) is 0. The molecule has 0 heterocycles. The van der Waals surface area contributed by atoms with Crippen molar-refractivity contribution in [3.8, 4) is 0 Å². The average molecular weight is 247 g/mol. The third-order valence-corrected chi connectivity index (χ3v) is 2.91. The highest BCUT2D eigenvalue weighted by Crippen LogP contribution is 2.30. The van der Waals surface area contributed by atoms with Gasteiger partial charge >= 0.3 is 0 Å². The predicted molar refractivity (Wildman–Crippen MR) is 70.2 cm³/mol. The van der Waals surface area contributed by atoms with Crippen LogP contribution in [0.4, 0.5) is 11.4 Å². The number of nitrogen functional groups attached to an aromatic ring is 2. The zero-order chi connectivity index (χ0) is 12.4. The SMILES string of the molecule is Nc1ccc(C(=O)c2ccccc2)c(N)c1Cl. The number of hydrogen-bond acceptors (Lipinski definition) is 3. The first kappa shape index (κ1) is 11.5. The van der Waals surface area contributed by atoms with Crippen LogP contribution in [-0.4, -0.2) is 5.78 Å². The molecule has 0 unspecified atom stereocenters. The first-order valence-electron chi connectivity index (χ1n) is 5.04. The van der Waals surface area contributed by atoms with Gasteiger partial charge in [-0.3, -0.25) is 4.79 Å². The van der Waals surface area contributed by atoms with E-state index in [1.165, 1.54) is 0 Å². The molecule has 0 saturated heterocycles. The highest BCUT2D eigenvalue weighted by molar-refractivity contribution is 6.36. The molecule has 0 bridgehead atoms. The summed E-state index contributed by atoms with van der Waals surface area (Å²) < 4.78 is 0. The van der Waals surface area contributed by atoms with Crippen LogP contribution < -0.4 is 11.5 Å². The molecule has 0 saturated carbocycles. The van der Waals surface area contributed by atoms with E-state index in [2.05, 4.69) is 0 Å². The monoisotopic (exact) mass is 246 g/mol. The fourth-order valence-electron chi connectivity index (χ4n) is 1.55. The van der Waals surface area contributed by atoms with Crippen LogP contribution in [0.3, 0.4) is 0 Å². The standard InChI is InChI=1S/C13H11ClN2O/c14-11-10(15)7-6-9(12(11)16)13(17)8-4-2-1-3-5-8/h1-7H,15-16H2. The molecule has 0 fully saturated rings. The van der Waals surface area contributed by atoms with Crippen LogP contribution in [0, 0.1) is 0 Å². The lowest BCUT2D eigenvalue weighted by molar-refractivity contribution is 0.103. The minimum absolute atomic E-state index is 0.162. The molecule has 2 rings (SSSR count). The van der Waals surface area contributed by atoms with Gasteiger partial charge in [-0.05, 0) is 12.1 Å². The van der Waals surface area contributed by atoms with Gasteiger partial charge in [0.05, 0.1) is 16.4 Å². The Kier molecular flexibility index (Phi) is 3.02. The van der Waals surface area contributed by atoms with Crippen molar-refractivity contribution in [3.05, 3.63) is 58.6 Å². The van der Waals surface area contributed by atoms with Crippen molar-refractivity contribution in [3.63, 3.8) is 0 Å². The van der Waals surface area contributed by atoms with Gasteiger partial charge < -0.3 is 11.5 Å². The molecule has 0 spiro atoms. The Morgan fingerprint density at radius 2 is 1.65 bits per heavy atom. The van der Waals surface area contributed by atoms with Gasteiger partial charge in [0.25, 0.3) is 0 Å². The first-order chi connectivity index (χ1) is 8.11. The largest absolute Gasteiger partial charge is 0.397 e. The maximum absolute atomic E-state index is 12.2. The minimum Gasteiger partial charge on any atom is -0.397 e. The Morgan fingerprint density at radius 3 is 2.29 bits per heavy atom. The van der Waals surface area contributed by atoms with Gasteiger partial charge in [0.1, 0.15) is 0 Å². The number of hydrogen-bond donors (Lipinski definition) is 2. The number of ketones is 1. The fourth-order valence-corrected chi connectivity index (χ4v) is 1.72. The fraction of sp³-hybridized carbons (Fsp3) is 0. The summed E-state index contributed by atoms with van der Waals surface area (Å²) in [5.74, 6) is -0.162. The van der Waals surface area contributed by atoms with Crippen molar-refractivity contribution in [2.75, 3.05) is 11.5 Å². The Labute approximate surface area is 104 Å². The molecular formula is C13H11ClN2O. The van der Waals surface area contributed by atoms with Gasteiger partial charge in [-0.1, -0.05) is 41.9 Å². The van der Waals surface area contributed by atoms with Crippen LogP contribution in [0.5, 0.6) is 0 Å². The van der Waals surface area contributed by atoms with E-state index in [1.54, 1.807) is 36.4 Å². The summed E-state index contributed by atoms with van der Waals surface area (Å²) in [7, 11) is 0. The number of anilines is 2. The number of benzene rings is 2.